The molecule has 1 aliphatic rings. The van der Waals surface area contributed by atoms with Crippen molar-refractivity contribution in [1.82, 2.24) is 10.2 Å². The van der Waals surface area contributed by atoms with Gasteiger partial charge in [0.2, 0.25) is 11.8 Å². The maximum absolute atomic E-state index is 13.2. The molecule has 0 aliphatic heterocycles. The fourth-order valence-corrected chi connectivity index (χ4v) is 3.64. The molecule has 4 nitrogen and oxygen atoms in total. The van der Waals surface area contributed by atoms with Crippen LogP contribution in [0.5, 0.6) is 0 Å². The van der Waals surface area contributed by atoms with Crippen LogP contribution in [0.15, 0.2) is 48.5 Å². The maximum atomic E-state index is 13.2. The number of halogens is 2. The third kappa shape index (κ3) is 5.86. The average Bonchev–Trinajstić information content (AvgIpc) is 3.21. The predicted octanol–water partition coefficient (Wildman–Crippen LogP) is 3.98. The summed E-state index contributed by atoms with van der Waals surface area (Å²) in [7, 11) is 0. The first-order valence-electron chi connectivity index (χ1n) is 10.0. The van der Waals surface area contributed by atoms with Crippen molar-refractivity contribution in [2.24, 2.45) is 0 Å². The summed E-state index contributed by atoms with van der Waals surface area (Å²) >= 11 is 0. The zero-order valence-corrected chi connectivity index (χ0v) is 16.5. The molecule has 0 radical (unpaired) electrons. The van der Waals surface area contributed by atoms with Crippen LogP contribution < -0.4 is 5.32 Å². The molecule has 1 atom stereocenters. The molecule has 154 valence electrons. The monoisotopic (exact) mass is 400 g/mol. The Morgan fingerprint density at radius 3 is 2.03 bits per heavy atom. The molecule has 0 spiro atoms. The maximum Gasteiger partial charge on any atom is 0.242 e. The van der Waals surface area contributed by atoms with Gasteiger partial charge in [0.05, 0.1) is 6.42 Å². The van der Waals surface area contributed by atoms with Crippen LogP contribution in [0.3, 0.4) is 0 Å². The van der Waals surface area contributed by atoms with E-state index in [2.05, 4.69) is 5.32 Å². The molecule has 1 fully saturated rings. The second-order valence-corrected chi connectivity index (χ2v) is 7.62. The van der Waals surface area contributed by atoms with Gasteiger partial charge in [-0.05, 0) is 55.2 Å². The highest BCUT2D eigenvalue weighted by atomic mass is 19.1. The Balaban J connectivity index is 1.75. The van der Waals surface area contributed by atoms with E-state index in [4.69, 9.17) is 0 Å². The molecule has 29 heavy (non-hydrogen) atoms. The fourth-order valence-electron chi connectivity index (χ4n) is 3.64. The van der Waals surface area contributed by atoms with Crippen molar-refractivity contribution in [3.63, 3.8) is 0 Å². The van der Waals surface area contributed by atoms with E-state index in [0.29, 0.717) is 5.56 Å². The molecular formula is C23H26F2N2O2. The number of nitrogens with zero attached hydrogens (tertiary/aromatic N) is 1. The predicted molar refractivity (Wildman–Crippen MR) is 107 cm³/mol. The van der Waals surface area contributed by atoms with Gasteiger partial charge in [0.15, 0.2) is 0 Å². The van der Waals surface area contributed by atoms with E-state index in [0.717, 1.165) is 31.2 Å². The molecule has 0 saturated heterocycles. The van der Waals surface area contributed by atoms with Crippen molar-refractivity contribution in [1.29, 1.82) is 0 Å². The minimum Gasteiger partial charge on any atom is -0.352 e. The summed E-state index contributed by atoms with van der Waals surface area (Å²) in [6, 6.07) is 11.1. The summed E-state index contributed by atoms with van der Waals surface area (Å²) < 4.78 is 26.4. The Labute approximate surface area is 169 Å². The Morgan fingerprint density at radius 2 is 1.48 bits per heavy atom. The number of carbonyl (C=O) groups excluding carboxylic acids is 2. The van der Waals surface area contributed by atoms with Crippen molar-refractivity contribution >= 4 is 11.8 Å². The molecule has 0 bridgehead atoms. The van der Waals surface area contributed by atoms with Crippen LogP contribution in [0.2, 0.25) is 0 Å². The van der Waals surface area contributed by atoms with E-state index in [-0.39, 0.29) is 42.5 Å². The lowest BCUT2D eigenvalue weighted by atomic mass is 10.1. The first-order chi connectivity index (χ1) is 13.9. The number of nitrogens with one attached hydrogen (secondary N) is 1. The standard InChI is InChI=1S/C23H26F2N2O2/c1-16(23(29)26-21-4-2-3-5-21)27(15-18-8-12-20(25)13-9-18)22(28)14-17-6-10-19(24)11-7-17/h6-13,16,21H,2-5,14-15H2,1H3,(H,26,29). The minimum atomic E-state index is -0.673. The number of hydrogen-bond donors (Lipinski definition) is 1. The van der Waals surface area contributed by atoms with E-state index in [1.807, 2.05) is 0 Å². The SMILES string of the molecule is CC(C(=O)NC1CCCC1)N(Cc1ccc(F)cc1)C(=O)Cc1ccc(F)cc1. The van der Waals surface area contributed by atoms with Gasteiger partial charge in [-0.3, -0.25) is 9.59 Å². The number of carbonyl (C=O) groups is 2. The first kappa shape index (κ1) is 21.0. The summed E-state index contributed by atoms with van der Waals surface area (Å²) in [6.45, 7) is 1.90. The Morgan fingerprint density at radius 1 is 0.966 bits per heavy atom. The molecule has 1 unspecified atom stereocenters. The first-order valence-corrected chi connectivity index (χ1v) is 10.0. The van der Waals surface area contributed by atoms with Gasteiger partial charge in [-0.2, -0.15) is 0 Å². The smallest absolute Gasteiger partial charge is 0.242 e. The van der Waals surface area contributed by atoms with Crippen LogP contribution in [0, 0.1) is 11.6 Å². The van der Waals surface area contributed by atoms with E-state index >= 15 is 0 Å². The zero-order chi connectivity index (χ0) is 20.8. The topological polar surface area (TPSA) is 49.4 Å². The largest absolute Gasteiger partial charge is 0.352 e. The molecule has 2 aromatic rings. The molecule has 2 amide bonds. The molecule has 1 aliphatic carbocycles. The van der Waals surface area contributed by atoms with E-state index < -0.39 is 6.04 Å². The van der Waals surface area contributed by atoms with E-state index in [9.17, 15) is 18.4 Å². The lowest BCUT2D eigenvalue weighted by molar-refractivity contribution is -0.140. The third-order valence-electron chi connectivity index (χ3n) is 5.40. The van der Waals surface area contributed by atoms with Crippen LogP contribution in [0.1, 0.15) is 43.7 Å². The van der Waals surface area contributed by atoms with Gasteiger partial charge >= 0.3 is 0 Å². The van der Waals surface area contributed by atoms with Crippen molar-refractivity contribution < 1.29 is 18.4 Å². The molecule has 1 N–H and O–H groups in total. The van der Waals surface area contributed by atoms with Gasteiger partial charge in [-0.15, -0.1) is 0 Å². The minimum absolute atomic E-state index is 0.0581. The highest BCUT2D eigenvalue weighted by Gasteiger charge is 2.28. The fraction of sp³-hybridized carbons (Fsp3) is 0.391. The molecular weight excluding hydrogens is 374 g/mol. The normalized spacial score (nSPS) is 15.1. The summed E-state index contributed by atoms with van der Waals surface area (Å²) in [5, 5.41) is 3.04. The zero-order valence-electron chi connectivity index (χ0n) is 16.5. The molecule has 0 aromatic heterocycles. The quantitative estimate of drug-likeness (QED) is 0.764. The van der Waals surface area contributed by atoms with Gasteiger partial charge in [-0.1, -0.05) is 37.1 Å². The Hall–Kier alpha value is -2.76. The van der Waals surface area contributed by atoms with Gasteiger partial charge in [-0.25, -0.2) is 8.78 Å². The number of benzene rings is 2. The van der Waals surface area contributed by atoms with E-state index in [1.165, 1.54) is 29.2 Å². The van der Waals surface area contributed by atoms with Crippen molar-refractivity contribution in [2.75, 3.05) is 0 Å². The summed E-state index contributed by atoms with van der Waals surface area (Å²) in [5.41, 5.74) is 1.41. The average molecular weight is 400 g/mol. The van der Waals surface area contributed by atoms with Crippen molar-refractivity contribution in [2.45, 2.75) is 57.7 Å². The number of hydrogen-bond acceptors (Lipinski definition) is 2. The highest BCUT2D eigenvalue weighted by molar-refractivity contribution is 5.88. The summed E-state index contributed by atoms with van der Waals surface area (Å²) in [4.78, 5) is 27.3. The van der Waals surface area contributed by atoms with Crippen LogP contribution in [-0.4, -0.2) is 28.8 Å². The van der Waals surface area contributed by atoms with Crippen molar-refractivity contribution in [3.05, 3.63) is 71.3 Å². The lowest BCUT2D eigenvalue weighted by Crippen LogP contribution is -2.50. The van der Waals surface area contributed by atoms with E-state index in [1.54, 1.807) is 31.2 Å². The van der Waals surface area contributed by atoms with Crippen LogP contribution in [0.4, 0.5) is 8.78 Å². The second kappa shape index (κ2) is 9.63. The molecule has 1 saturated carbocycles. The van der Waals surface area contributed by atoms with Gasteiger partial charge in [0, 0.05) is 12.6 Å². The molecule has 3 rings (SSSR count). The van der Waals surface area contributed by atoms with Crippen molar-refractivity contribution in [3.8, 4) is 0 Å². The lowest BCUT2D eigenvalue weighted by Gasteiger charge is -2.30. The molecule has 0 heterocycles. The highest BCUT2D eigenvalue weighted by Crippen LogP contribution is 2.19. The van der Waals surface area contributed by atoms with Crippen LogP contribution >= 0.6 is 0 Å². The summed E-state index contributed by atoms with van der Waals surface area (Å²) in [6.07, 6.45) is 4.17. The molecule has 6 heteroatoms. The Kier molecular flexibility index (Phi) is 6.96. The number of rotatable bonds is 7. The second-order valence-electron chi connectivity index (χ2n) is 7.62. The van der Waals surface area contributed by atoms with Crippen LogP contribution in [0.25, 0.3) is 0 Å². The van der Waals surface area contributed by atoms with Crippen LogP contribution in [-0.2, 0) is 22.6 Å². The van der Waals surface area contributed by atoms with Gasteiger partial charge in [0.1, 0.15) is 17.7 Å². The van der Waals surface area contributed by atoms with Gasteiger partial charge < -0.3 is 10.2 Å². The summed E-state index contributed by atoms with van der Waals surface area (Å²) in [5.74, 6) is -1.15. The number of amides is 2. The third-order valence-corrected chi connectivity index (χ3v) is 5.40. The van der Waals surface area contributed by atoms with Gasteiger partial charge in [0.25, 0.3) is 0 Å². The molecule has 2 aromatic carbocycles. The Bertz CT molecular complexity index is 831.